The van der Waals surface area contributed by atoms with Gasteiger partial charge in [0.15, 0.2) is 0 Å². The lowest BCUT2D eigenvalue weighted by atomic mass is 10.0. The number of aromatic nitrogens is 2. The molecule has 2 N–H and O–H groups in total. The fourth-order valence-electron chi connectivity index (χ4n) is 3.12. The fraction of sp³-hybridized carbons (Fsp3) is 0.182. The van der Waals surface area contributed by atoms with Gasteiger partial charge in [-0.25, -0.2) is 4.39 Å². The van der Waals surface area contributed by atoms with Crippen LogP contribution in [0.1, 0.15) is 22.3 Å². The first-order chi connectivity index (χ1) is 13.8. The van der Waals surface area contributed by atoms with Crippen LogP contribution in [0.5, 0.6) is 0 Å². The zero-order valence-electron chi connectivity index (χ0n) is 16.0. The maximum absolute atomic E-state index is 13.1. The van der Waals surface area contributed by atoms with Gasteiger partial charge in [0.25, 0.3) is 5.91 Å². The van der Waals surface area contributed by atoms with Crippen LogP contribution in [0.15, 0.2) is 60.7 Å². The Labute approximate surface area is 171 Å². The van der Waals surface area contributed by atoms with Crippen molar-refractivity contribution in [2.45, 2.75) is 12.5 Å². The molecule has 2 aromatic heterocycles. The second kappa shape index (κ2) is 7.42. The number of nitrogens with one attached hydrogen (secondary N) is 1. The second-order valence-corrected chi connectivity index (χ2v) is 8.23. The van der Waals surface area contributed by atoms with Crippen molar-refractivity contribution in [1.29, 1.82) is 0 Å². The maximum atomic E-state index is 13.1. The van der Waals surface area contributed by atoms with Gasteiger partial charge in [0.05, 0.1) is 12.2 Å². The number of carbonyl (C=O) groups is 1. The average Bonchev–Trinajstić information content (AvgIpc) is 3.31. The number of rotatable bonds is 5. The fourth-order valence-corrected chi connectivity index (χ4v) is 4.23. The topological polar surface area (TPSA) is 67.2 Å². The predicted octanol–water partition coefficient (Wildman–Crippen LogP) is 4.08. The molecule has 1 amide bonds. The minimum absolute atomic E-state index is 0.0652. The Morgan fingerprint density at radius 2 is 1.93 bits per heavy atom. The summed E-state index contributed by atoms with van der Waals surface area (Å²) in [5, 5.41) is 19.1. The van der Waals surface area contributed by atoms with Gasteiger partial charge in [-0.3, -0.25) is 9.48 Å². The lowest BCUT2D eigenvalue weighted by molar-refractivity contribution is 0.0554. The molecule has 2 heterocycles. The number of carbonyl (C=O) groups excluding carboxylic acids is 1. The van der Waals surface area contributed by atoms with Crippen LogP contribution in [0.2, 0.25) is 0 Å². The minimum Gasteiger partial charge on any atom is -0.383 e. The number of nitrogens with zero attached hydrogens (tertiary/aromatic N) is 2. The highest BCUT2D eigenvalue weighted by atomic mass is 32.1. The van der Waals surface area contributed by atoms with Crippen LogP contribution >= 0.6 is 11.3 Å². The van der Waals surface area contributed by atoms with E-state index in [-0.39, 0.29) is 18.3 Å². The molecular formula is C22H20FN3O2S. The summed E-state index contributed by atoms with van der Waals surface area (Å²) in [7, 11) is 1.67. The van der Waals surface area contributed by atoms with E-state index in [1.54, 1.807) is 32.2 Å². The van der Waals surface area contributed by atoms with Gasteiger partial charge >= 0.3 is 0 Å². The Morgan fingerprint density at radius 3 is 2.66 bits per heavy atom. The molecule has 4 aromatic rings. The highest BCUT2D eigenvalue weighted by Crippen LogP contribution is 2.32. The quantitative estimate of drug-likeness (QED) is 0.522. The van der Waals surface area contributed by atoms with E-state index in [0.29, 0.717) is 11.4 Å². The SMILES string of the molecule is Cn1nc(-c2ccc(F)cc2)cc1C(=O)NCC(C)(O)c1cc2ccccc2s1. The van der Waals surface area contributed by atoms with Crippen molar-refractivity contribution < 1.29 is 14.3 Å². The van der Waals surface area contributed by atoms with Crippen LogP contribution in [-0.2, 0) is 12.6 Å². The van der Waals surface area contributed by atoms with Crippen LogP contribution in [0.3, 0.4) is 0 Å². The summed E-state index contributed by atoms with van der Waals surface area (Å²) in [5.74, 6) is -0.666. The Hall–Kier alpha value is -3.03. The molecule has 29 heavy (non-hydrogen) atoms. The number of thiophene rings is 1. The van der Waals surface area contributed by atoms with E-state index in [4.69, 9.17) is 0 Å². The summed E-state index contributed by atoms with van der Waals surface area (Å²) in [6.07, 6.45) is 0. The van der Waals surface area contributed by atoms with Crippen LogP contribution in [0.4, 0.5) is 4.39 Å². The van der Waals surface area contributed by atoms with E-state index in [9.17, 15) is 14.3 Å². The van der Waals surface area contributed by atoms with E-state index < -0.39 is 5.60 Å². The van der Waals surface area contributed by atoms with Crippen LogP contribution in [-0.4, -0.2) is 27.3 Å². The third-order valence-electron chi connectivity index (χ3n) is 4.80. The van der Waals surface area contributed by atoms with Gasteiger partial charge in [-0.1, -0.05) is 18.2 Å². The maximum Gasteiger partial charge on any atom is 0.269 e. The van der Waals surface area contributed by atoms with Crippen molar-refractivity contribution in [2.75, 3.05) is 6.54 Å². The summed E-state index contributed by atoms with van der Waals surface area (Å²) in [4.78, 5) is 13.5. The molecule has 0 spiro atoms. The molecule has 0 saturated carbocycles. The number of amides is 1. The molecule has 0 aliphatic carbocycles. The van der Waals surface area contributed by atoms with Crippen molar-refractivity contribution in [1.82, 2.24) is 15.1 Å². The number of halogens is 1. The lowest BCUT2D eigenvalue weighted by Crippen LogP contribution is -2.38. The normalized spacial score (nSPS) is 13.4. The number of hydrogen-bond acceptors (Lipinski definition) is 4. The molecule has 0 aliphatic heterocycles. The van der Waals surface area contributed by atoms with E-state index in [1.165, 1.54) is 28.2 Å². The molecule has 1 unspecified atom stereocenters. The Balaban J connectivity index is 1.49. The van der Waals surface area contributed by atoms with Crippen molar-refractivity contribution in [3.8, 4) is 11.3 Å². The third kappa shape index (κ3) is 3.92. The Bertz CT molecular complexity index is 1150. The van der Waals surface area contributed by atoms with Gasteiger partial charge < -0.3 is 10.4 Å². The van der Waals surface area contributed by atoms with E-state index in [1.807, 2.05) is 30.3 Å². The van der Waals surface area contributed by atoms with Gasteiger partial charge in [-0.2, -0.15) is 5.10 Å². The first-order valence-corrected chi connectivity index (χ1v) is 9.95. The van der Waals surface area contributed by atoms with Crippen molar-refractivity contribution >= 4 is 27.3 Å². The number of benzene rings is 2. The zero-order valence-corrected chi connectivity index (χ0v) is 16.8. The van der Waals surface area contributed by atoms with Crippen LogP contribution in [0, 0.1) is 5.82 Å². The molecule has 0 saturated heterocycles. The number of aryl methyl sites for hydroxylation is 1. The zero-order chi connectivity index (χ0) is 20.6. The van der Waals surface area contributed by atoms with Gasteiger partial charge in [0, 0.05) is 22.2 Å². The van der Waals surface area contributed by atoms with Gasteiger partial charge in [0.2, 0.25) is 0 Å². The number of fused-ring (bicyclic) bond motifs is 1. The summed E-state index contributed by atoms with van der Waals surface area (Å²) >= 11 is 1.51. The second-order valence-electron chi connectivity index (χ2n) is 7.15. The minimum atomic E-state index is -1.20. The van der Waals surface area contributed by atoms with Crippen molar-refractivity contribution in [3.05, 3.63) is 77.1 Å². The van der Waals surface area contributed by atoms with E-state index in [0.717, 1.165) is 20.5 Å². The monoisotopic (exact) mass is 409 g/mol. The molecule has 1 atom stereocenters. The summed E-state index contributed by atoms with van der Waals surface area (Å²) in [6.45, 7) is 1.75. The molecular weight excluding hydrogens is 389 g/mol. The molecule has 0 aliphatic rings. The van der Waals surface area contributed by atoms with E-state index in [2.05, 4.69) is 10.4 Å². The molecule has 148 valence electrons. The third-order valence-corrected chi connectivity index (χ3v) is 6.17. The molecule has 0 fully saturated rings. The summed E-state index contributed by atoms with van der Waals surface area (Å²) in [6, 6.07) is 17.5. The van der Waals surface area contributed by atoms with Gasteiger partial charge in [0.1, 0.15) is 17.1 Å². The van der Waals surface area contributed by atoms with Gasteiger partial charge in [-0.15, -0.1) is 11.3 Å². The summed E-state index contributed by atoms with van der Waals surface area (Å²) < 4.78 is 15.7. The largest absolute Gasteiger partial charge is 0.383 e. The van der Waals surface area contributed by atoms with Crippen molar-refractivity contribution in [3.63, 3.8) is 0 Å². The molecule has 0 bridgehead atoms. The van der Waals surface area contributed by atoms with Crippen LogP contribution < -0.4 is 5.32 Å². The number of hydrogen-bond donors (Lipinski definition) is 2. The Kier molecular flexibility index (Phi) is 4.94. The first-order valence-electron chi connectivity index (χ1n) is 9.13. The Morgan fingerprint density at radius 1 is 1.21 bits per heavy atom. The van der Waals surface area contributed by atoms with Crippen LogP contribution in [0.25, 0.3) is 21.3 Å². The molecule has 7 heteroatoms. The molecule has 0 radical (unpaired) electrons. The summed E-state index contributed by atoms with van der Waals surface area (Å²) in [5.41, 5.74) is 0.460. The smallest absolute Gasteiger partial charge is 0.269 e. The molecule has 4 rings (SSSR count). The lowest BCUT2D eigenvalue weighted by Gasteiger charge is -2.22. The predicted molar refractivity (Wildman–Crippen MR) is 112 cm³/mol. The molecule has 2 aromatic carbocycles. The van der Waals surface area contributed by atoms with Gasteiger partial charge in [-0.05, 0) is 54.8 Å². The standard InChI is InChI=1S/C22H20FN3O2S/c1-22(28,20-11-15-5-3-4-6-19(15)29-20)13-24-21(27)18-12-17(25-26(18)2)14-7-9-16(23)10-8-14/h3-12,28H,13H2,1-2H3,(H,24,27). The highest BCUT2D eigenvalue weighted by Gasteiger charge is 2.27. The van der Waals surface area contributed by atoms with E-state index >= 15 is 0 Å². The average molecular weight is 409 g/mol. The highest BCUT2D eigenvalue weighted by molar-refractivity contribution is 7.19. The first kappa shape index (κ1) is 19.3. The molecule has 5 nitrogen and oxygen atoms in total. The van der Waals surface area contributed by atoms with Crippen molar-refractivity contribution in [2.24, 2.45) is 7.05 Å². The number of aliphatic hydroxyl groups is 1.